The van der Waals surface area contributed by atoms with Crippen LogP contribution in [-0.4, -0.2) is 18.3 Å². The van der Waals surface area contributed by atoms with Gasteiger partial charge in [-0.25, -0.2) is 0 Å². The van der Waals surface area contributed by atoms with Gasteiger partial charge >= 0.3 is 5.97 Å². The molecule has 2 nitrogen and oxygen atoms in total. The van der Waals surface area contributed by atoms with Crippen molar-refractivity contribution >= 4 is 17.7 Å². The van der Waals surface area contributed by atoms with Gasteiger partial charge in [0.15, 0.2) is 0 Å². The minimum absolute atomic E-state index is 0.0928. The van der Waals surface area contributed by atoms with Gasteiger partial charge in [0.25, 0.3) is 0 Å². The van der Waals surface area contributed by atoms with Gasteiger partial charge in [0.2, 0.25) is 0 Å². The fourth-order valence-electron chi connectivity index (χ4n) is 1.63. The number of hydrogen-bond acceptors (Lipinski definition) is 3. The first-order valence-corrected chi connectivity index (χ1v) is 7.18. The van der Waals surface area contributed by atoms with Gasteiger partial charge < -0.3 is 4.74 Å². The third-order valence-electron chi connectivity index (χ3n) is 3.15. The third kappa shape index (κ3) is 4.05. The largest absolute Gasteiger partial charge is 0.469 e. The van der Waals surface area contributed by atoms with Crippen LogP contribution >= 0.6 is 11.8 Å². The first kappa shape index (κ1) is 15.1. The number of carbonyl (C=O) groups excluding carboxylic acids is 1. The standard InChI is InChI=1S/C15H22O2S/c1-10(2)13-6-8-14(9-7-13)18-12(4)11(3)15(16)17-5/h6-12H,1-5H3. The van der Waals surface area contributed by atoms with Crippen molar-refractivity contribution in [3.8, 4) is 0 Å². The Labute approximate surface area is 114 Å². The average Bonchev–Trinajstić information content (AvgIpc) is 2.37. The molecule has 0 aromatic heterocycles. The van der Waals surface area contributed by atoms with Gasteiger partial charge in [0, 0.05) is 10.1 Å². The van der Waals surface area contributed by atoms with Gasteiger partial charge in [-0.2, -0.15) is 0 Å². The molecule has 100 valence electrons. The molecule has 1 aromatic carbocycles. The molecular formula is C15H22O2S. The molecule has 0 N–H and O–H groups in total. The van der Waals surface area contributed by atoms with Crippen LogP contribution in [0.5, 0.6) is 0 Å². The summed E-state index contributed by atoms with van der Waals surface area (Å²) >= 11 is 1.71. The van der Waals surface area contributed by atoms with E-state index in [0.29, 0.717) is 5.92 Å². The van der Waals surface area contributed by atoms with E-state index in [-0.39, 0.29) is 17.1 Å². The SMILES string of the molecule is COC(=O)C(C)C(C)Sc1ccc(C(C)C)cc1. The first-order chi connectivity index (χ1) is 8.45. The number of rotatable bonds is 5. The Hall–Kier alpha value is -0.960. The summed E-state index contributed by atoms with van der Waals surface area (Å²) in [6.07, 6.45) is 0. The van der Waals surface area contributed by atoms with Crippen LogP contribution in [0.15, 0.2) is 29.2 Å². The minimum Gasteiger partial charge on any atom is -0.469 e. The predicted octanol–water partition coefficient (Wildman–Crippen LogP) is 4.10. The van der Waals surface area contributed by atoms with Crippen LogP contribution in [-0.2, 0) is 9.53 Å². The Morgan fingerprint density at radius 2 is 1.67 bits per heavy atom. The van der Waals surface area contributed by atoms with E-state index >= 15 is 0 Å². The Bertz CT molecular complexity index is 384. The quantitative estimate of drug-likeness (QED) is 0.593. The van der Waals surface area contributed by atoms with E-state index in [9.17, 15) is 4.79 Å². The zero-order chi connectivity index (χ0) is 13.7. The third-order valence-corrected chi connectivity index (χ3v) is 4.47. The summed E-state index contributed by atoms with van der Waals surface area (Å²) in [6.45, 7) is 8.34. The van der Waals surface area contributed by atoms with Gasteiger partial charge in [0.05, 0.1) is 13.0 Å². The van der Waals surface area contributed by atoms with E-state index < -0.39 is 0 Å². The van der Waals surface area contributed by atoms with Crippen molar-refractivity contribution in [2.45, 2.75) is 43.8 Å². The van der Waals surface area contributed by atoms with Crippen molar-refractivity contribution in [3.63, 3.8) is 0 Å². The average molecular weight is 266 g/mol. The lowest BCUT2D eigenvalue weighted by Crippen LogP contribution is -2.21. The highest BCUT2D eigenvalue weighted by Gasteiger charge is 2.21. The zero-order valence-corrected chi connectivity index (χ0v) is 12.6. The fourth-order valence-corrected chi connectivity index (χ4v) is 2.66. The van der Waals surface area contributed by atoms with E-state index in [4.69, 9.17) is 4.74 Å². The fraction of sp³-hybridized carbons (Fsp3) is 0.533. The summed E-state index contributed by atoms with van der Waals surface area (Å²) in [5, 5.41) is 0.211. The van der Waals surface area contributed by atoms with E-state index in [0.717, 1.165) is 0 Å². The molecule has 0 radical (unpaired) electrons. The number of esters is 1. The number of carbonyl (C=O) groups is 1. The summed E-state index contributed by atoms with van der Waals surface area (Å²) in [7, 11) is 1.44. The molecule has 18 heavy (non-hydrogen) atoms. The van der Waals surface area contributed by atoms with Crippen molar-refractivity contribution in [2.75, 3.05) is 7.11 Å². The van der Waals surface area contributed by atoms with Gasteiger partial charge in [-0.3, -0.25) is 4.79 Å². The predicted molar refractivity (Wildman–Crippen MR) is 77.0 cm³/mol. The van der Waals surface area contributed by atoms with Crippen LogP contribution < -0.4 is 0 Å². The molecule has 0 spiro atoms. The van der Waals surface area contributed by atoms with E-state index in [2.05, 4.69) is 45.0 Å². The zero-order valence-electron chi connectivity index (χ0n) is 11.8. The maximum atomic E-state index is 11.5. The highest BCUT2D eigenvalue weighted by atomic mass is 32.2. The normalized spacial score (nSPS) is 14.3. The van der Waals surface area contributed by atoms with Crippen molar-refractivity contribution < 1.29 is 9.53 Å². The minimum atomic E-state index is -0.145. The van der Waals surface area contributed by atoms with Gasteiger partial charge in [-0.1, -0.05) is 39.8 Å². The molecule has 1 aromatic rings. The number of ether oxygens (including phenoxy) is 1. The lowest BCUT2D eigenvalue weighted by atomic mass is 10.0. The summed E-state index contributed by atoms with van der Waals surface area (Å²) < 4.78 is 4.77. The van der Waals surface area contributed by atoms with E-state index in [1.807, 2.05) is 6.92 Å². The van der Waals surface area contributed by atoms with Gasteiger partial charge in [0.1, 0.15) is 0 Å². The summed E-state index contributed by atoms with van der Waals surface area (Å²) in [6, 6.07) is 8.56. The van der Waals surface area contributed by atoms with Crippen LogP contribution in [0.1, 0.15) is 39.2 Å². The molecule has 0 heterocycles. The Kier molecular flexibility index (Phi) is 5.73. The second-order valence-electron chi connectivity index (χ2n) is 4.86. The maximum Gasteiger partial charge on any atom is 0.309 e. The lowest BCUT2D eigenvalue weighted by Gasteiger charge is -2.17. The number of hydrogen-bond donors (Lipinski definition) is 0. The summed E-state index contributed by atoms with van der Waals surface area (Å²) in [4.78, 5) is 12.6. The molecule has 2 unspecified atom stereocenters. The van der Waals surface area contributed by atoms with Crippen LogP contribution in [0.4, 0.5) is 0 Å². The van der Waals surface area contributed by atoms with Crippen LogP contribution in [0, 0.1) is 5.92 Å². The molecular weight excluding hydrogens is 244 g/mol. The van der Waals surface area contributed by atoms with Crippen molar-refractivity contribution in [1.29, 1.82) is 0 Å². The Morgan fingerprint density at radius 1 is 1.11 bits per heavy atom. The monoisotopic (exact) mass is 266 g/mol. The molecule has 3 heteroatoms. The molecule has 2 atom stereocenters. The molecule has 0 aliphatic rings. The molecule has 1 rings (SSSR count). The molecule has 0 fully saturated rings. The maximum absolute atomic E-state index is 11.5. The van der Waals surface area contributed by atoms with Crippen LogP contribution in [0.2, 0.25) is 0 Å². The van der Waals surface area contributed by atoms with Crippen LogP contribution in [0.3, 0.4) is 0 Å². The number of methoxy groups -OCH3 is 1. The molecule has 0 amide bonds. The van der Waals surface area contributed by atoms with E-state index in [1.54, 1.807) is 11.8 Å². The lowest BCUT2D eigenvalue weighted by molar-refractivity contribution is -0.144. The molecule has 0 bridgehead atoms. The molecule has 0 aliphatic carbocycles. The number of benzene rings is 1. The van der Waals surface area contributed by atoms with Gasteiger partial charge in [-0.15, -0.1) is 11.8 Å². The second-order valence-corrected chi connectivity index (χ2v) is 6.31. The Morgan fingerprint density at radius 3 is 2.11 bits per heavy atom. The van der Waals surface area contributed by atoms with Crippen molar-refractivity contribution in [3.05, 3.63) is 29.8 Å². The highest BCUT2D eigenvalue weighted by molar-refractivity contribution is 8.00. The second kappa shape index (κ2) is 6.83. The molecule has 0 aliphatic heterocycles. The first-order valence-electron chi connectivity index (χ1n) is 6.30. The van der Waals surface area contributed by atoms with Crippen molar-refractivity contribution in [1.82, 2.24) is 0 Å². The molecule has 0 saturated heterocycles. The summed E-state index contributed by atoms with van der Waals surface area (Å²) in [5.74, 6) is 0.314. The van der Waals surface area contributed by atoms with Crippen LogP contribution in [0.25, 0.3) is 0 Å². The smallest absolute Gasteiger partial charge is 0.309 e. The number of thioether (sulfide) groups is 1. The highest BCUT2D eigenvalue weighted by Crippen LogP contribution is 2.29. The molecule has 0 saturated carbocycles. The van der Waals surface area contributed by atoms with Crippen molar-refractivity contribution in [2.24, 2.45) is 5.92 Å². The van der Waals surface area contributed by atoms with E-state index in [1.165, 1.54) is 17.6 Å². The Balaban J connectivity index is 2.64. The topological polar surface area (TPSA) is 26.3 Å². The van der Waals surface area contributed by atoms with Gasteiger partial charge in [-0.05, 0) is 23.6 Å². The summed E-state index contributed by atoms with van der Waals surface area (Å²) in [5.41, 5.74) is 1.34.